The SMILES string of the molecule is C.C.O=C(c1ccccc1)c1ccccc1. The maximum atomic E-state index is 11.8. The summed E-state index contributed by atoms with van der Waals surface area (Å²) in [7, 11) is 0. The maximum absolute atomic E-state index is 11.8. The molecule has 2 aromatic rings. The van der Waals surface area contributed by atoms with Crippen LogP contribution in [0.1, 0.15) is 30.8 Å². The van der Waals surface area contributed by atoms with Gasteiger partial charge in [-0.2, -0.15) is 0 Å². The van der Waals surface area contributed by atoms with Crippen LogP contribution in [0.5, 0.6) is 0 Å². The summed E-state index contributed by atoms with van der Waals surface area (Å²) in [5.41, 5.74) is 1.47. The lowest BCUT2D eigenvalue weighted by Crippen LogP contribution is -1.99. The molecule has 0 saturated carbocycles. The first-order valence-electron chi connectivity index (χ1n) is 4.53. The standard InChI is InChI=1S/C13H10O.2CH4/c14-13(11-7-3-1-4-8-11)12-9-5-2-6-10-12;;/h1-10H;2*1H4. The minimum atomic E-state index is 0. The van der Waals surface area contributed by atoms with Crippen molar-refractivity contribution in [1.29, 1.82) is 0 Å². The molecule has 0 aromatic heterocycles. The lowest BCUT2D eigenvalue weighted by Gasteiger charge is -1.99. The summed E-state index contributed by atoms with van der Waals surface area (Å²) in [5, 5.41) is 0. The number of carbonyl (C=O) groups is 1. The van der Waals surface area contributed by atoms with E-state index in [1.807, 2.05) is 60.7 Å². The first-order valence-corrected chi connectivity index (χ1v) is 4.53. The third-order valence-electron chi connectivity index (χ3n) is 2.07. The van der Waals surface area contributed by atoms with Gasteiger partial charge in [-0.25, -0.2) is 0 Å². The zero-order valence-corrected chi connectivity index (χ0v) is 7.68. The Kier molecular flexibility index (Phi) is 5.79. The molecule has 0 aliphatic rings. The van der Waals surface area contributed by atoms with Crippen molar-refractivity contribution in [2.45, 2.75) is 14.9 Å². The van der Waals surface area contributed by atoms with Crippen LogP contribution in [0.4, 0.5) is 0 Å². The van der Waals surface area contributed by atoms with Crippen molar-refractivity contribution in [3.05, 3.63) is 71.8 Å². The Hall–Kier alpha value is -1.89. The molecule has 0 saturated heterocycles. The summed E-state index contributed by atoms with van der Waals surface area (Å²) < 4.78 is 0. The second-order valence-corrected chi connectivity index (χ2v) is 3.06. The van der Waals surface area contributed by atoms with Crippen molar-refractivity contribution in [2.75, 3.05) is 0 Å². The van der Waals surface area contributed by atoms with Crippen LogP contribution in [0.3, 0.4) is 0 Å². The summed E-state index contributed by atoms with van der Waals surface area (Å²) in [6.07, 6.45) is 0. The topological polar surface area (TPSA) is 17.1 Å². The summed E-state index contributed by atoms with van der Waals surface area (Å²) in [5.74, 6) is 0.0752. The average Bonchev–Trinajstić information content (AvgIpc) is 2.30. The van der Waals surface area contributed by atoms with Gasteiger partial charge in [-0.15, -0.1) is 0 Å². The van der Waals surface area contributed by atoms with Crippen molar-refractivity contribution in [3.63, 3.8) is 0 Å². The molecule has 16 heavy (non-hydrogen) atoms. The van der Waals surface area contributed by atoms with Crippen LogP contribution in [-0.2, 0) is 0 Å². The normalized spacial score (nSPS) is 8.50. The predicted octanol–water partition coefficient (Wildman–Crippen LogP) is 4.19. The molecule has 1 heteroatoms. The van der Waals surface area contributed by atoms with Crippen LogP contribution in [0, 0.1) is 0 Å². The van der Waals surface area contributed by atoms with Gasteiger partial charge in [-0.05, 0) is 0 Å². The first-order chi connectivity index (χ1) is 6.88. The Morgan fingerprint density at radius 2 is 0.938 bits per heavy atom. The van der Waals surface area contributed by atoms with Crippen molar-refractivity contribution in [2.24, 2.45) is 0 Å². The van der Waals surface area contributed by atoms with E-state index >= 15 is 0 Å². The summed E-state index contributed by atoms with van der Waals surface area (Å²) >= 11 is 0. The van der Waals surface area contributed by atoms with Gasteiger partial charge in [-0.1, -0.05) is 75.5 Å². The van der Waals surface area contributed by atoms with Gasteiger partial charge >= 0.3 is 0 Å². The lowest BCUT2D eigenvalue weighted by atomic mass is 10.0. The van der Waals surface area contributed by atoms with E-state index in [0.29, 0.717) is 0 Å². The second-order valence-electron chi connectivity index (χ2n) is 3.06. The zero-order chi connectivity index (χ0) is 9.80. The minimum absolute atomic E-state index is 0. The number of ketones is 1. The highest BCUT2D eigenvalue weighted by Gasteiger charge is 2.06. The fourth-order valence-corrected chi connectivity index (χ4v) is 1.35. The Morgan fingerprint density at radius 1 is 0.625 bits per heavy atom. The molecule has 0 heterocycles. The number of hydrogen-bond donors (Lipinski definition) is 0. The van der Waals surface area contributed by atoms with Gasteiger partial charge < -0.3 is 0 Å². The highest BCUT2D eigenvalue weighted by molar-refractivity contribution is 6.08. The monoisotopic (exact) mass is 214 g/mol. The Bertz CT molecular complexity index is 376. The molecule has 0 atom stereocenters. The van der Waals surface area contributed by atoms with Crippen molar-refractivity contribution in [1.82, 2.24) is 0 Å². The highest BCUT2D eigenvalue weighted by Crippen LogP contribution is 2.08. The third-order valence-corrected chi connectivity index (χ3v) is 2.07. The van der Waals surface area contributed by atoms with Crippen molar-refractivity contribution >= 4 is 5.78 Å². The van der Waals surface area contributed by atoms with E-state index in [9.17, 15) is 4.79 Å². The Labute approximate surface area is 97.8 Å². The largest absolute Gasteiger partial charge is 0.289 e. The summed E-state index contributed by atoms with van der Waals surface area (Å²) in [6, 6.07) is 18.6. The number of rotatable bonds is 2. The third kappa shape index (κ3) is 3.06. The molecule has 0 bridgehead atoms. The van der Waals surface area contributed by atoms with E-state index in [4.69, 9.17) is 0 Å². The molecule has 0 radical (unpaired) electrons. The van der Waals surface area contributed by atoms with Crippen LogP contribution in [0.25, 0.3) is 0 Å². The number of benzene rings is 2. The molecule has 0 aliphatic carbocycles. The number of hydrogen-bond acceptors (Lipinski definition) is 1. The molecule has 84 valence electrons. The smallest absolute Gasteiger partial charge is 0.193 e. The van der Waals surface area contributed by atoms with Crippen LogP contribution in [0.15, 0.2) is 60.7 Å². The van der Waals surface area contributed by atoms with E-state index in [-0.39, 0.29) is 20.6 Å². The Morgan fingerprint density at radius 3 is 1.25 bits per heavy atom. The molecule has 0 amide bonds. The van der Waals surface area contributed by atoms with Crippen LogP contribution in [0.2, 0.25) is 0 Å². The molecule has 2 rings (SSSR count). The molecule has 2 aromatic carbocycles. The lowest BCUT2D eigenvalue weighted by molar-refractivity contribution is 0.103. The molecule has 0 N–H and O–H groups in total. The Balaban J connectivity index is 0.00000112. The van der Waals surface area contributed by atoms with Gasteiger partial charge in [0.1, 0.15) is 0 Å². The van der Waals surface area contributed by atoms with Gasteiger partial charge in [0.15, 0.2) is 5.78 Å². The van der Waals surface area contributed by atoms with Crippen LogP contribution < -0.4 is 0 Å². The van der Waals surface area contributed by atoms with Crippen LogP contribution in [-0.4, -0.2) is 5.78 Å². The molecule has 0 fully saturated rings. The average molecular weight is 214 g/mol. The molecular formula is C15H18O. The van der Waals surface area contributed by atoms with E-state index < -0.39 is 0 Å². The van der Waals surface area contributed by atoms with E-state index in [1.54, 1.807) is 0 Å². The second kappa shape index (κ2) is 6.57. The molecule has 0 spiro atoms. The summed E-state index contributed by atoms with van der Waals surface area (Å²) in [4.78, 5) is 11.8. The molecular weight excluding hydrogens is 196 g/mol. The van der Waals surface area contributed by atoms with Gasteiger partial charge in [0.25, 0.3) is 0 Å². The first kappa shape index (κ1) is 14.1. The zero-order valence-electron chi connectivity index (χ0n) is 7.68. The maximum Gasteiger partial charge on any atom is 0.193 e. The number of carbonyl (C=O) groups excluding carboxylic acids is 1. The molecule has 0 unspecified atom stereocenters. The van der Waals surface area contributed by atoms with Gasteiger partial charge in [-0.3, -0.25) is 4.79 Å². The summed E-state index contributed by atoms with van der Waals surface area (Å²) in [6.45, 7) is 0. The van der Waals surface area contributed by atoms with E-state index in [1.165, 1.54) is 0 Å². The van der Waals surface area contributed by atoms with Crippen LogP contribution >= 0.6 is 0 Å². The van der Waals surface area contributed by atoms with Gasteiger partial charge in [0.05, 0.1) is 0 Å². The highest BCUT2D eigenvalue weighted by atomic mass is 16.1. The van der Waals surface area contributed by atoms with E-state index in [2.05, 4.69) is 0 Å². The van der Waals surface area contributed by atoms with Crippen molar-refractivity contribution in [3.8, 4) is 0 Å². The predicted molar refractivity (Wildman–Crippen MR) is 69.8 cm³/mol. The quantitative estimate of drug-likeness (QED) is 0.685. The molecule has 0 aliphatic heterocycles. The van der Waals surface area contributed by atoms with Gasteiger partial charge in [0.2, 0.25) is 0 Å². The minimum Gasteiger partial charge on any atom is -0.289 e. The fraction of sp³-hybridized carbons (Fsp3) is 0.133. The van der Waals surface area contributed by atoms with E-state index in [0.717, 1.165) is 11.1 Å². The van der Waals surface area contributed by atoms with Crippen molar-refractivity contribution < 1.29 is 4.79 Å². The fourth-order valence-electron chi connectivity index (χ4n) is 1.35. The molecule has 1 nitrogen and oxygen atoms in total. The van der Waals surface area contributed by atoms with Gasteiger partial charge in [0, 0.05) is 11.1 Å².